The molecule has 0 aliphatic carbocycles. The highest BCUT2D eigenvalue weighted by Crippen LogP contribution is 2.21. The lowest BCUT2D eigenvalue weighted by Crippen LogP contribution is -2.04. The molecule has 5 heteroatoms. The third-order valence-corrected chi connectivity index (χ3v) is 3.04. The molecule has 4 N–H and O–H groups in total. The number of phenols is 1. The number of nitrogen functional groups attached to an aromatic ring is 1. The summed E-state index contributed by atoms with van der Waals surface area (Å²) in [5.41, 5.74) is 8.95. The monoisotopic (exact) mass is 269 g/mol. The van der Waals surface area contributed by atoms with Gasteiger partial charge in [-0.2, -0.15) is 4.98 Å². The van der Waals surface area contributed by atoms with Crippen LogP contribution in [0.1, 0.15) is 5.56 Å². The Morgan fingerprint density at radius 1 is 1.15 bits per heavy atom. The number of hydrogen-bond donors (Lipinski definition) is 3. The number of hydrogen-bond acceptors (Lipinski definition) is 5. The summed E-state index contributed by atoms with van der Waals surface area (Å²) in [6.45, 7) is 0.701. The highest BCUT2D eigenvalue weighted by Gasteiger charge is 2.05. The van der Waals surface area contributed by atoms with Crippen molar-refractivity contribution < 1.29 is 9.52 Å². The molecule has 1 heterocycles. The van der Waals surface area contributed by atoms with Crippen molar-refractivity contribution in [3.63, 3.8) is 0 Å². The predicted molar refractivity (Wildman–Crippen MR) is 78.7 cm³/mol. The molecule has 0 saturated heterocycles. The molecule has 2 aromatic carbocycles. The zero-order chi connectivity index (χ0) is 13.9. The summed E-state index contributed by atoms with van der Waals surface area (Å²) in [7, 11) is 0. The molecule has 5 nitrogen and oxygen atoms in total. The van der Waals surface area contributed by atoms with Crippen molar-refractivity contribution in [1.82, 2.24) is 4.98 Å². The molecule has 0 amide bonds. The summed E-state index contributed by atoms with van der Waals surface area (Å²) >= 11 is 0. The average Bonchev–Trinajstić information content (AvgIpc) is 2.83. The van der Waals surface area contributed by atoms with Crippen LogP contribution in [-0.4, -0.2) is 16.6 Å². The highest BCUT2D eigenvalue weighted by atomic mass is 16.4. The minimum absolute atomic E-state index is 0.276. The van der Waals surface area contributed by atoms with E-state index in [0.717, 1.165) is 17.5 Å². The van der Waals surface area contributed by atoms with Crippen LogP contribution < -0.4 is 11.1 Å². The molecule has 0 saturated carbocycles. The first-order valence-electron chi connectivity index (χ1n) is 6.38. The summed E-state index contributed by atoms with van der Waals surface area (Å²) in [5, 5.41) is 12.3. The van der Waals surface area contributed by atoms with Gasteiger partial charge in [0, 0.05) is 18.3 Å². The van der Waals surface area contributed by atoms with Gasteiger partial charge in [0.1, 0.15) is 11.3 Å². The van der Waals surface area contributed by atoms with E-state index in [2.05, 4.69) is 10.3 Å². The molecular formula is C15H15N3O2. The number of aromatic nitrogens is 1. The van der Waals surface area contributed by atoms with Crippen LogP contribution in [-0.2, 0) is 6.42 Å². The van der Waals surface area contributed by atoms with Crippen molar-refractivity contribution >= 4 is 22.8 Å². The van der Waals surface area contributed by atoms with Gasteiger partial charge in [0.15, 0.2) is 5.58 Å². The van der Waals surface area contributed by atoms with E-state index >= 15 is 0 Å². The molecule has 3 aromatic rings. The fourth-order valence-corrected chi connectivity index (χ4v) is 1.99. The molecule has 0 aliphatic heterocycles. The molecule has 0 atom stereocenters. The molecule has 0 spiro atoms. The molecule has 0 fully saturated rings. The number of fused-ring (bicyclic) bond motifs is 1. The standard InChI is InChI=1S/C15H15N3O2/c16-11-3-6-13-14(9-11)20-15(18-13)17-8-7-10-1-4-12(19)5-2-10/h1-6,9,19H,7-8,16H2,(H,17,18). The molecule has 0 unspecified atom stereocenters. The normalized spacial score (nSPS) is 10.8. The maximum atomic E-state index is 9.21. The largest absolute Gasteiger partial charge is 0.508 e. The summed E-state index contributed by atoms with van der Waals surface area (Å²) < 4.78 is 5.56. The number of rotatable bonds is 4. The lowest BCUT2D eigenvalue weighted by atomic mass is 10.1. The smallest absolute Gasteiger partial charge is 0.295 e. The Morgan fingerprint density at radius 3 is 2.75 bits per heavy atom. The van der Waals surface area contributed by atoms with Gasteiger partial charge in [0.2, 0.25) is 0 Å². The maximum Gasteiger partial charge on any atom is 0.295 e. The first kappa shape index (κ1) is 12.3. The van der Waals surface area contributed by atoms with Gasteiger partial charge in [-0.1, -0.05) is 12.1 Å². The van der Waals surface area contributed by atoms with E-state index < -0.39 is 0 Å². The maximum absolute atomic E-state index is 9.21. The van der Waals surface area contributed by atoms with Gasteiger partial charge in [-0.15, -0.1) is 0 Å². The number of anilines is 2. The fourth-order valence-electron chi connectivity index (χ4n) is 1.99. The quantitative estimate of drug-likeness (QED) is 0.634. The van der Waals surface area contributed by atoms with Gasteiger partial charge < -0.3 is 20.6 Å². The minimum atomic E-state index is 0.276. The second-order valence-corrected chi connectivity index (χ2v) is 4.59. The van der Waals surface area contributed by atoms with Crippen LogP contribution in [0.4, 0.5) is 11.7 Å². The molecule has 20 heavy (non-hydrogen) atoms. The van der Waals surface area contributed by atoms with E-state index in [9.17, 15) is 5.11 Å². The number of benzene rings is 2. The third kappa shape index (κ3) is 2.66. The molecule has 0 bridgehead atoms. The van der Waals surface area contributed by atoms with E-state index in [-0.39, 0.29) is 5.75 Å². The van der Waals surface area contributed by atoms with Crippen molar-refractivity contribution in [3.05, 3.63) is 48.0 Å². The number of oxazole rings is 1. The highest BCUT2D eigenvalue weighted by molar-refractivity contribution is 5.78. The minimum Gasteiger partial charge on any atom is -0.508 e. The Kier molecular flexibility index (Phi) is 3.16. The first-order valence-corrected chi connectivity index (χ1v) is 6.38. The zero-order valence-electron chi connectivity index (χ0n) is 10.8. The SMILES string of the molecule is Nc1ccc2nc(NCCc3ccc(O)cc3)oc2c1. The van der Waals surface area contributed by atoms with E-state index in [1.165, 1.54) is 0 Å². The summed E-state index contributed by atoms with van der Waals surface area (Å²) in [4.78, 5) is 4.33. The molecular weight excluding hydrogens is 254 g/mol. The Hall–Kier alpha value is -2.69. The van der Waals surface area contributed by atoms with Crippen molar-refractivity contribution in [3.8, 4) is 5.75 Å². The second-order valence-electron chi connectivity index (χ2n) is 4.59. The van der Waals surface area contributed by atoms with Crippen LogP contribution in [0.3, 0.4) is 0 Å². The van der Waals surface area contributed by atoms with Crippen LogP contribution in [0.2, 0.25) is 0 Å². The van der Waals surface area contributed by atoms with Crippen LogP contribution in [0.25, 0.3) is 11.1 Å². The van der Waals surface area contributed by atoms with E-state index in [1.54, 1.807) is 24.3 Å². The molecule has 102 valence electrons. The van der Waals surface area contributed by atoms with Gasteiger partial charge in [0.25, 0.3) is 6.01 Å². The molecule has 3 rings (SSSR count). The molecule has 0 radical (unpaired) electrons. The van der Waals surface area contributed by atoms with Gasteiger partial charge in [-0.3, -0.25) is 0 Å². The van der Waals surface area contributed by atoms with Gasteiger partial charge in [-0.25, -0.2) is 0 Å². The van der Waals surface area contributed by atoms with E-state index in [4.69, 9.17) is 10.2 Å². The first-order chi connectivity index (χ1) is 9.70. The number of nitrogens with one attached hydrogen (secondary N) is 1. The van der Waals surface area contributed by atoms with Crippen LogP contribution in [0.15, 0.2) is 46.9 Å². The van der Waals surface area contributed by atoms with Gasteiger partial charge in [-0.05, 0) is 36.2 Å². The van der Waals surface area contributed by atoms with Gasteiger partial charge in [0.05, 0.1) is 0 Å². The average molecular weight is 269 g/mol. The molecule has 1 aromatic heterocycles. The van der Waals surface area contributed by atoms with Crippen molar-refractivity contribution in [1.29, 1.82) is 0 Å². The van der Waals surface area contributed by atoms with Crippen LogP contribution in [0, 0.1) is 0 Å². The Bertz CT molecular complexity index is 720. The third-order valence-electron chi connectivity index (χ3n) is 3.04. The Morgan fingerprint density at radius 2 is 1.95 bits per heavy atom. The van der Waals surface area contributed by atoms with E-state index in [0.29, 0.717) is 23.8 Å². The topological polar surface area (TPSA) is 84.3 Å². The summed E-state index contributed by atoms with van der Waals surface area (Å²) in [6, 6.07) is 13.0. The Labute approximate surface area is 116 Å². The van der Waals surface area contributed by atoms with Crippen molar-refractivity contribution in [2.24, 2.45) is 0 Å². The van der Waals surface area contributed by atoms with Gasteiger partial charge >= 0.3 is 0 Å². The van der Waals surface area contributed by atoms with Crippen molar-refractivity contribution in [2.45, 2.75) is 6.42 Å². The van der Waals surface area contributed by atoms with Crippen molar-refractivity contribution in [2.75, 3.05) is 17.6 Å². The molecule has 0 aliphatic rings. The predicted octanol–water partition coefficient (Wildman–Crippen LogP) is 2.77. The fraction of sp³-hybridized carbons (Fsp3) is 0.133. The van der Waals surface area contributed by atoms with E-state index in [1.807, 2.05) is 18.2 Å². The number of nitrogens with two attached hydrogens (primary N) is 1. The Balaban J connectivity index is 1.63. The zero-order valence-corrected chi connectivity index (χ0v) is 10.8. The lowest BCUT2D eigenvalue weighted by Gasteiger charge is -2.02. The van der Waals surface area contributed by atoms with Crippen LogP contribution >= 0.6 is 0 Å². The van der Waals surface area contributed by atoms with Crippen LogP contribution in [0.5, 0.6) is 5.75 Å². The number of aromatic hydroxyl groups is 1. The second kappa shape index (κ2) is 5.13. The summed E-state index contributed by atoms with van der Waals surface area (Å²) in [6.07, 6.45) is 0.821. The summed E-state index contributed by atoms with van der Waals surface area (Å²) in [5.74, 6) is 0.276. The number of nitrogens with zero attached hydrogens (tertiary/aromatic N) is 1. The number of phenolic OH excluding ortho intramolecular Hbond substituents is 1. The lowest BCUT2D eigenvalue weighted by molar-refractivity contribution is 0.475.